The van der Waals surface area contributed by atoms with Gasteiger partial charge in [0.05, 0.1) is 24.5 Å². The first-order valence-corrected chi connectivity index (χ1v) is 10.6. The topological polar surface area (TPSA) is 105 Å². The van der Waals surface area contributed by atoms with Crippen molar-refractivity contribution in [2.24, 2.45) is 11.8 Å². The maximum atomic E-state index is 13.2. The molecule has 31 heavy (non-hydrogen) atoms. The Morgan fingerprint density at radius 3 is 2.68 bits per heavy atom. The molecule has 0 saturated carbocycles. The monoisotopic (exact) mass is 434 g/mol. The summed E-state index contributed by atoms with van der Waals surface area (Å²) in [7, 11) is 0. The number of halogens is 1. The minimum absolute atomic E-state index is 0.00979. The number of rotatable bonds is 6. The number of benzene rings is 1. The Kier molecular flexibility index (Phi) is 10.2. The Morgan fingerprint density at radius 1 is 1.23 bits per heavy atom. The number of nitrogens with one attached hydrogen (secondary N) is 2. The fourth-order valence-electron chi connectivity index (χ4n) is 3.39. The molecule has 8 heteroatoms. The summed E-state index contributed by atoms with van der Waals surface area (Å²) >= 11 is 0. The van der Waals surface area contributed by atoms with Crippen molar-refractivity contribution >= 4 is 17.8 Å². The summed E-state index contributed by atoms with van der Waals surface area (Å²) in [6, 6.07) is 5.66. The lowest BCUT2D eigenvalue weighted by molar-refractivity contribution is -0.150. The van der Waals surface area contributed by atoms with E-state index in [1.165, 1.54) is 12.1 Å². The minimum atomic E-state index is -0.552. The van der Waals surface area contributed by atoms with Crippen LogP contribution in [0.4, 0.5) is 4.39 Å². The number of allylic oxidation sites excluding steroid dienone is 2. The van der Waals surface area contributed by atoms with Crippen LogP contribution in [0.1, 0.15) is 38.2 Å². The van der Waals surface area contributed by atoms with Crippen LogP contribution in [-0.4, -0.2) is 48.7 Å². The van der Waals surface area contributed by atoms with Crippen molar-refractivity contribution in [3.63, 3.8) is 0 Å². The molecular weight excluding hydrogens is 403 g/mol. The third kappa shape index (κ3) is 8.88. The third-order valence-corrected chi connectivity index (χ3v) is 5.10. The first-order valence-electron chi connectivity index (χ1n) is 10.6. The van der Waals surface area contributed by atoms with Gasteiger partial charge in [0.25, 0.3) is 0 Å². The van der Waals surface area contributed by atoms with Crippen molar-refractivity contribution in [3.8, 4) is 0 Å². The maximum absolute atomic E-state index is 13.2. The predicted molar refractivity (Wildman–Crippen MR) is 113 cm³/mol. The molecular formula is C23H31FN2O5. The van der Waals surface area contributed by atoms with E-state index in [4.69, 9.17) is 9.84 Å². The van der Waals surface area contributed by atoms with E-state index < -0.39 is 12.0 Å². The van der Waals surface area contributed by atoms with Crippen LogP contribution in [0.15, 0.2) is 36.4 Å². The van der Waals surface area contributed by atoms with E-state index >= 15 is 0 Å². The van der Waals surface area contributed by atoms with Gasteiger partial charge >= 0.3 is 5.97 Å². The quantitative estimate of drug-likeness (QED) is 0.469. The number of aliphatic hydroxyl groups excluding tert-OH is 1. The summed E-state index contributed by atoms with van der Waals surface area (Å²) in [6.45, 7) is 1.74. The van der Waals surface area contributed by atoms with Crippen LogP contribution in [0.3, 0.4) is 0 Å². The van der Waals surface area contributed by atoms with E-state index in [2.05, 4.69) is 10.6 Å². The fourth-order valence-corrected chi connectivity index (χ4v) is 3.39. The minimum Gasteiger partial charge on any atom is -0.463 e. The average molecular weight is 435 g/mol. The van der Waals surface area contributed by atoms with Gasteiger partial charge in [0.1, 0.15) is 12.4 Å². The van der Waals surface area contributed by atoms with Crippen molar-refractivity contribution in [2.45, 2.75) is 45.1 Å². The molecule has 1 aromatic rings. The van der Waals surface area contributed by atoms with Gasteiger partial charge in [0.2, 0.25) is 11.8 Å². The Bertz CT molecular complexity index is 766. The molecule has 0 aromatic heterocycles. The summed E-state index contributed by atoms with van der Waals surface area (Å²) in [5.41, 5.74) is 0.854. The van der Waals surface area contributed by atoms with Gasteiger partial charge in [-0.2, -0.15) is 0 Å². The predicted octanol–water partition coefficient (Wildman–Crippen LogP) is 1.89. The van der Waals surface area contributed by atoms with Gasteiger partial charge in [0, 0.05) is 13.0 Å². The van der Waals surface area contributed by atoms with E-state index in [-0.39, 0.29) is 55.7 Å². The van der Waals surface area contributed by atoms with Gasteiger partial charge in [-0.3, -0.25) is 14.4 Å². The molecule has 0 saturated heterocycles. The lowest BCUT2D eigenvalue weighted by Crippen LogP contribution is -2.42. The fraction of sp³-hybridized carbons (Fsp3) is 0.522. The highest BCUT2D eigenvalue weighted by molar-refractivity contribution is 5.86. The lowest BCUT2D eigenvalue weighted by Gasteiger charge is -2.20. The molecule has 0 aliphatic carbocycles. The molecule has 2 rings (SSSR count). The number of ether oxygens (including phenoxy) is 1. The standard InChI is InChI=1S/C23H31FN2O5/c1-16-15-31-23(30)19(13-17-7-9-20(24)10-8-17)6-4-2-3-5-18(22(29)26-16)14-21(28)25-11-12-27/h2-3,7-10,16,18-19,27H,4-6,11-15H2,1H3,(H,25,28)(H,26,29)/b3-2-/t16-,18+,19+/m0/s1. The van der Waals surface area contributed by atoms with E-state index in [9.17, 15) is 18.8 Å². The van der Waals surface area contributed by atoms with Crippen molar-refractivity contribution < 1.29 is 28.6 Å². The number of carbonyl (C=O) groups is 3. The van der Waals surface area contributed by atoms with Crippen LogP contribution in [0.25, 0.3) is 0 Å². The number of hydrogen-bond acceptors (Lipinski definition) is 5. The van der Waals surface area contributed by atoms with Gasteiger partial charge in [-0.15, -0.1) is 0 Å². The normalized spacial score (nSPS) is 24.0. The van der Waals surface area contributed by atoms with Crippen molar-refractivity contribution in [2.75, 3.05) is 19.8 Å². The molecule has 0 fully saturated rings. The highest BCUT2D eigenvalue weighted by Crippen LogP contribution is 2.19. The number of cyclic esters (lactones) is 1. The number of hydrogen-bond donors (Lipinski definition) is 3. The summed E-state index contributed by atoms with van der Waals surface area (Å²) < 4.78 is 18.6. The molecule has 7 nitrogen and oxygen atoms in total. The van der Waals surface area contributed by atoms with Crippen molar-refractivity contribution in [1.82, 2.24) is 10.6 Å². The zero-order valence-electron chi connectivity index (χ0n) is 17.8. The second-order valence-corrected chi connectivity index (χ2v) is 7.83. The van der Waals surface area contributed by atoms with Gasteiger partial charge in [-0.1, -0.05) is 24.3 Å². The summed E-state index contributed by atoms with van der Waals surface area (Å²) in [6.07, 6.45) is 5.77. The van der Waals surface area contributed by atoms with E-state index in [1.54, 1.807) is 19.1 Å². The SMILES string of the molecule is C[C@H]1COC(=O)[C@@H](Cc2ccc(F)cc2)CC/C=C\C[C@H](CC(=O)NCCO)C(=O)N1. The van der Waals surface area contributed by atoms with Gasteiger partial charge in [0.15, 0.2) is 0 Å². The van der Waals surface area contributed by atoms with Crippen LogP contribution < -0.4 is 10.6 Å². The molecule has 0 unspecified atom stereocenters. The smallest absolute Gasteiger partial charge is 0.309 e. The van der Waals surface area contributed by atoms with E-state index in [1.807, 2.05) is 12.2 Å². The van der Waals surface area contributed by atoms with Crippen molar-refractivity contribution in [3.05, 3.63) is 47.8 Å². The van der Waals surface area contributed by atoms with Crippen LogP contribution in [0, 0.1) is 17.7 Å². The molecule has 1 aromatic carbocycles. The molecule has 170 valence electrons. The van der Waals surface area contributed by atoms with Crippen LogP contribution >= 0.6 is 0 Å². The molecule has 0 spiro atoms. The lowest BCUT2D eigenvalue weighted by atomic mass is 9.94. The maximum Gasteiger partial charge on any atom is 0.309 e. The molecule has 0 bridgehead atoms. The average Bonchev–Trinajstić information content (AvgIpc) is 2.75. The zero-order chi connectivity index (χ0) is 22.6. The van der Waals surface area contributed by atoms with Crippen LogP contribution in [0.2, 0.25) is 0 Å². The summed E-state index contributed by atoms with van der Waals surface area (Å²) in [5, 5.41) is 14.2. The first kappa shape index (κ1) is 24.5. The van der Waals surface area contributed by atoms with E-state index in [0.29, 0.717) is 25.7 Å². The number of esters is 1. The van der Waals surface area contributed by atoms with Gasteiger partial charge in [-0.25, -0.2) is 4.39 Å². The van der Waals surface area contributed by atoms with Gasteiger partial charge in [-0.05, 0) is 50.3 Å². The Balaban J connectivity index is 2.05. The third-order valence-electron chi connectivity index (χ3n) is 5.10. The van der Waals surface area contributed by atoms with Gasteiger partial charge < -0.3 is 20.5 Å². The van der Waals surface area contributed by atoms with Crippen LogP contribution in [-0.2, 0) is 25.5 Å². The Hall–Kier alpha value is -2.74. The second kappa shape index (κ2) is 12.8. The summed E-state index contributed by atoms with van der Waals surface area (Å²) in [5.74, 6) is -2.19. The molecule has 3 N–H and O–H groups in total. The second-order valence-electron chi connectivity index (χ2n) is 7.83. The van der Waals surface area contributed by atoms with E-state index in [0.717, 1.165) is 5.56 Å². The molecule has 1 heterocycles. The highest BCUT2D eigenvalue weighted by atomic mass is 19.1. The summed E-state index contributed by atoms with van der Waals surface area (Å²) in [4.78, 5) is 37.2. The number of carbonyl (C=O) groups excluding carboxylic acids is 3. The first-order chi connectivity index (χ1) is 14.9. The highest BCUT2D eigenvalue weighted by Gasteiger charge is 2.25. The number of aliphatic hydroxyl groups is 1. The Morgan fingerprint density at radius 2 is 1.97 bits per heavy atom. The molecule has 3 atom stereocenters. The Labute approximate surface area is 182 Å². The largest absolute Gasteiger partial charge is 0.463 e. The zero-order valence-corrected chi connectivity index (χ0v) is 17.8. The number of amides is 2. The molecule has 2 amide bonds. The van der Waals surface area contributed by atoms with Crippen LogP contribution in [0.5, 0.6) is 0 Å². The molecule has 1 aliphatic rings. The van der Waals surface area contributed by atoms with Crippen molar-refractivity contribution in [1.29, 1.82) is 0 Å². The molecule has 1 aliphatic heterocycles. The molecule has 0 radical (unpaired) electrons.